The first-order valence-electron chi connectivity index (χ1n) is 11.1. The number of esters is 1. The van der Waals surface area contributed by atoms with E-state index < -0.39 is 21.9 Å². The van der Waals surface area contributed by atoms with E-state index in [1.54, 1.807) is 60.0 Å². The molecular formula is C28H17Cl2NO5S2. The molecule has 0 aliphatic rings. The van der Waals surface area contributed by atoms with Crippen LogP contribution in [0.25, 0.3) is 10.8 Å². The molecule has 0 aliphatic heterocycles. The second-order valence-electron chi connectivity index (χ2n) is 8.04. The van der Waals surface area contributed by atoms with E-state index in [-0.39, 0.29) is 21.2 Å². The summed E-state index contributed by atoms with van der Waals surface area (Å²) in [6.07, 6.45) is 0. The van der Waals surface area contributed by atoms with Crippen molar-refractivity contribution >= 4 is 72.9 Å². The van der Waals surface area contributed by atoms with Crippen molar-refractivity contribution in [1.82, 2.24) is 0 Å². The van der Waals surface area contributed by atoms with Crippen molar-refractivity contribution in [3.8, 4) is 5.75 Å². The molecule has 0 fully saturated rings. The third kappa shape index (κ3) is 5.04. The predicted molar refractivity (Wildman–Crippen MR) is 150 cm³/mol. The van der Waals surface area contributed by atoms with Gasteiger partial charge in [0.2, 0.25) is 0 Å². The zero-order chi connectivity index (χ0) is 26.9. The standard InChI is InChI=1S/C28H17Cl2NO5S2/c29-20-11-7-18(8-12-20)27(32)31(38(34,35)26-6-3-17-37-26)24-15-16-25(23-5-2-1-4-22(23)24)36-28(33)19-9-13-21(30)14-10-19/h1-17H. The number of halogens is 2. The van der Waals surface area contributed by atoms with Crippen LogP contribution in [0.15, 0.2) is 107 Å². The van der Waals surface area contributed by atoms with Gasteiger partial charge < -0.3 is 4.74 Å². The number of nitrogens with zero attached hydrogens (tertiary/aromatic N) is 1. The van der Waals surface area contributed by atoms with Crippen molar-refractivity contribution in [1.29, 1.82) is 0 Å². The minimum atomic E-state index is -4.29. The van der Waals surface area contributed by atoms with E-state index in [0.29, 0.717) is 26.4 Å². The lowest BCUT2D eigenvalue weighted by molar-refractivity contribution is 0.0736. The van der Waals surface area contributed by atoms with Crippen LogP contribution in [0.4, 0.5) is 5.69 Å². The maximum Gasteiger partial charge on any atom is 0.343 e. The molecule has 0 aliphatic carbocycles. The van der Waals surface area contributed by atoms with E-state index in [4.69, 9.17) is 27.9 Å². The third-order valence-electron chi connectivity index (χ3n) is 5.63. The highest BCUT2D eigenvalue weighted by molar-refractivity contribution is 7.95. The number of thiophene rings is 1. The topological polar surface area (TPSA) is 80.8 Å². The summed E-state index contributed by atoms with van der Waals surface area (Å²) in [5.41, 5.74) is 0.541. The minimum Gasteiger partial charge on any atom is -0.422 e. The number of carbonyl (C=O) groups excluding carboxylic acids is 2. The van der Waals surface area contributed by atoms with Crippen LogP contribution >= 0.6 is 34.5 Å². The van der Waals surface area contributed by atoms with Crippen molar-refractivity contribution in [3.63, 3.8) is 0 Å². The normalized spacial score (nSPS) is 11.3. The number of sulfonamides is 1. The van der Waals surface area contributed by atoms with Crippen LogP contribution in [0.2, 0.25) is 10.0 Å². The number of anilines is 1. The third-order valence-corrected chi connectivity index (χ3v) is 9.20. The lowest BCUT2D eigenvalue weighted by Gasteiger charge is -2.24. The molecule has 38 heavy (non-hydrogen) atoms. The van der Waals surface area contributed by atoms with Gasteiger partial charge in [0.15, 0.2) is 0 Å². The first-order valence-corrected chi connectivity index (χ1v) is 14.2. The molecule has 4 aromatic carbocycles. The molecule has 0 bridgehead atoms. The fraction of sp³-hybridized carbons (Fsp3) is 0. The van der Waals surface area contributed by atoms with E-state index in [1.165, 1.54) is 42.5 Å². The Morgan fingerprint density at radius 1 is 0.711 bits per heavy atom. The summed E-state index contributed by atoms with van der Waals surface area (Å²) in [6.45, 7) is 0. The lowest BCUT2D eigenvalue weighted by Crippen LogP contribution is -2.36. The summed E-state index contributed by atoms with van der Waals surface area (Å²) in [5, 5.41) is 3.36. The maximum atomic E-state index is 13.8. The summed E-state index contributed by atoms with van der Waals surface area (Å²) >= 11 is 12.9. The van der Waals surface area contributed by atoms with E-state index >= 15 is 0 Å². The van der Waals surface area contributed by atoms with E-state index in [1.807, 2.05) is 0 Å². The molecule has 10 heteroatoms. The number of hydrogen-bond donors (Lipinski definition) is 0. The Bertz CT molecular complexity index is 1750. The predicted octanol–water partition coefficient (Wildman–Crippen LogP) is 7.46. The average Bonchev–Trinajstić information content (AvgIpc) is 3.47. The summed E-state index contributed by atoms with van der Waals surface area (Å²) in [4.78, 5) is 26.5. The fourth-order valence-corrected chi connectivity index (χ4v) is 6.57. The van der Waals surface area contributed by atoms with Gasteiger partial charge in [-0.1, -0.05) is 53.5 Å². The van der Waals surface area contributed by atoms with Gasteiger partial charge in [-0.2, -0.15) is 12.7 Å². The number of ether oxygens (including phenoxy) is 1. The monoisotopic (exact) mass is 581 g/mol. The minimum absolute atomic E-state index is 0.00198. The molecule has 0 saturated carbocycles. The van der Waals surface area contributed by atoms with Gasteiger partial charge in [0, 0.05) is 26.4 Å². The molecule has 0 radical (unpaired) electrons. The molecule has 1 heterocycles. The zero-order valence-electron chi connectivity index (χ0n) is 19.4. The number of amides is 1. The Kier molecular flexibility index (Phi) is 7.23. The van der Waals surface area contributed by atoms with Crippen LogP contribution in [0.1, 0.15) is 20.7 Å². The highest BCUT2D eigenvalue weighted by atomic mass is 35.5. The van der Waals surface area contributed by atoms with Crippen LogP contribution in [0.5, 0.6) is 5.75 Å². The molecule has 0 unspecified atom stereocenters. The molecule has 5 rings (SSSR count). The lowest BCUT2D eigenvalue weighted by atomic mass is 10.1. The SMILES string of the molecule is O=C(Oc1ccc(N(C(=O)c2ccc(Cl)cc2)S(=O)(=O)c2cccs2)c2ccccc12)c1ccc(Cl)cc1. The number of rotatable bonds is 6. The Morgan fingerprint density at radius 3 is 1.92 bits per heavy atom. The van der Waals surface area contributed by atoms with Crippen molar-refractivity contribution < 1.29 is 22.7 Å². The second-order valence-corrected chi connectivity index (χ2v) is 11.9. The molecule has 6 nitrogen and oxygen atoms in total. The quantitative estimate of drug-likeness (QED) is 0.153. The average molecular weight is 582 g/mol. The molecule has 0 N–H and O–H groups in total. The van der Waals surface area contributed by atoms with E-state index in [2.05, 4.69) is 0 Å². The number of carbonyl (C=O) groups is 2. The summed E-state index contributed by atoms with van der Waals surface area (Å²) in [5.74, 6) is -1.16. The van der Waals surface area contributed by atoms with Crippen molar-refractivity contribution in [3.05, 3.63) is 124 Å². The van der Waals surface area contributed by atoms with Gasteiger partial charge in [0.1, 0.15) is 9.96 Å². The first-order chi connectivity index (χ1) is 18.3. The van der Waals surface area contributed by atoms with Gasteiger partial charge in [-0.05, 0) is 72.1 Å². The molecule has 0 saturated heterocycles. The highest BCUT2D eigenvalue weighted by Crippen LogP contribution is 2.38. The molecule has 5 aromatic rings. The van der Waals surface area contributed by atoms with E-state index in [9.17, 15) is 18.0 Å². The molecule has 0 atom stereocenters. The second kappa shape index (κ2) is 10.6. The Morgan fingerprint density at radius 2 is 1.32 bits per heavy atom. The summed E-state index contributed by atoms with van der Waals surface area (Å²) in [7, 11) is -4.29. The molecular weight excluding hydrogens is 565 g/mol. The van der Waals surface area contributed by atoms with Gasteiger partial charge in [-0.25, -0.2) is 4.79 Å². The van der Waals surface area contributed by atoms with E-state index in [0.717, 1.165) is 15.6 Å². The van der Waals surface area contributed by atoms with Gasteiger partial charge in [0.05, 0.1) is 11.3 Å². The first kappa shape index (κ1) is 25.9. The van der Waals surface area contributed by atoms with Crippen molar-refractivity contribution in [2.24, 2.45) is 0 Å². The van der Waals surface area contributed by atoms with Crippen LogP contribution in [0.3, 0.4) is 0 Å². The van der Waals surface area contributed by atoms with Crippen LogP contribution < -0.4 is 9.04 Å². The van der Waals surface area contributed by atoms with Crippen LogP contribution in [-0.4, -0.2) is 20.3 Å². The van der Waals surface area contributed by atoms with Gasteiger partial charge in [0.25, 0.3) is 15.9 Å². The molecule has 1 aromatic heterocycles. The summed E-state index contributed by atoms with van der Waals surface area (Å²) in [6, 6.07) is 24.9. The molecule has 1 amide bonds. The molecule has 190 valence electrons. The number of hydrogen-bond acceptors (Lipinski definition) is 6. The van der Waals surface area contributed by atoms with Crippen LogP contribution in [-0.2, 0) is 10.0 Å². The largest absolute Gasteiger partial charge is 0.422 e. The molecule has 0 spiro atoms. The highest BCUT2D eigenvalue weighted by Gasteiger charge is 2.34. The van der Waals surface area contributed by atoms with Crippen molar-refractivity contribution in [2.45, 2.75) is 4.21 Å². The van der Waals surface area contributed by atoms with Gasteiger partial charge in [-0.15, -0.1) is 11.3 Å². The van der Waals surface area contributed by atoms with Gasteiger partial charge >= 0.3 is 5.97 Å². The summed E-state index contributed by atoms with van der Waals surface area (Å²) < 4.78 is 34.0. The van der Waals surface area contributed by atoms with Gasteiger partial charge in [-0.3, -0.25) is 4.79 Å². The number of fused-ring (bicyclic) bond motifs is 1. The smallest absolute Gasteiger partial charge is 0.343 e. The fourth-order valence-electron chi connectivity index (χ4n) is 3.82. The Balaban J connectivity index is 1.64. The zero-order valence-corrected chi connectivity index (χ0v) is 22.5. The number of benzene rings is 4. The van der Waals surface area contributed by atoms with Crippen molar-refractivity contribution in [2.75, 3.05) is 4.31 Å². The Hall–Kier alpha value is -3.69. The van der Waals surface area contributed by atoms with Crippen LogP contribution in [0, 0.1) is 0 Å². The maximum absolute atomic E-state index is 13.8. The Labute approximate surface area is 232 Å².